The monoisotopic (exact) mass is 230 g/mol. The Morgan fingerprint density at radius 3 is 3.12 bits per heavy atom. The van der Waals surface area contributed by atoms with Crippen molar-refractivity contribution in [2.45, 2.75) is 13.0 Å². The molecule has 1 aromatic carbocycles. The van der Waals surface area contributed by atoms with Crippen molar-refractivity contribution in [1.29, 1.82) is 0 Å². The predicted molar refractivity (Wildman–Crippen MR) is 65.4 cm³/mol. The first kappa shape index (κ1) is 10.4. The Labute approximate surface area is 99.2 Å². The summed E-state index contributed by atoms with van der Waals surface area (Å²) in [5, 5.41) is 13.7. The molecule has 0 saturated carbocycles. The van der Waals surface area contributed by atoms with Gasteiger partial charge in [0.15, 0.2) is 0 Å². The molecule has 0 aliphatic carbocycles. The van der Waals surface area contributed by atoms with Crippen LogP contribution < -0.4 is 10.1 Å². The van der Waals surface area contributed by atoms with E-state index in [1.807, 2.05) is 6.07 Å². The number of benzene rings is 1. The Balaban J connectivity index is 2.35. The summed E-state index contributed by atoms with van der Waals surface area (Å²) in [5.74, 6) is 1.09. The molecule has 0 unspecified atom stereocenters. The molecule has 0 atom stereocenters. The summed E-state index contributed by atoms with van der Waals surface area (Å²) >= 11 is 0. The molecule has 0 bridgehead atoms. The number of ether oxygens (including phenoxy) is 1. The number of aromatic hydroxyl groups is 1. The summed E-state index contributed by atoms with van der Waals surface area (Å²) < 4.78 is 5.50. The maximum Gasteiger partial charge on any atom is 0.133 e. The van der Waals surface area contributed by atoms with Gasteiger partial charge in [-0.25, -0.2) is 0 Å². The quantitative estimate of drug-likeness (QED) is 0.781. The average molecular weight is 230 g/mol. The zero-order chi connectivity index (χ0) is 11.8. The molecule has 4 nitrogen and oxygen atoms in total. The number of methoxy groups -OCH3 is 1. The number of aromatic nitrogens is 1. The van der Waals surface area contributed by atoms with E-state index < -0.39 is 0 Å². The molecule has 0 radical (unpaired) electrons. The number of nitrogens with one attached hydrogen (secondary N) is 1. The third kappa shape index (κ3) is 1.61. The van der Waals surface area contributed by atoms with Crippen LogP contribution in [0, 0.1) is 0 Å². The lowest BCUT2D eigenvalue weighted by Gasteiger charge is -2.20. The normalized spacial score (nSPS) is 14.6. The summed E-state index contributed by atoms with van der Waals surface area (Å²) in [5.41, 5.74) is 3.07. The Morgan fingerprint density at radius 2 is 2.29 bits per heavy atom. The van der Waals surface area contributed by atoms with Gasteiger partial charge in [-0.2, -0.15) is 0 Å². The fraction of sp³-hybridized carbons (Fsp3) is 0.308. The highest BCUT2D eigenvalue weighted by Crippen LogP contribution is 2.34. The molecule has 0 amide bonds. The van der Waals surface area contributed by atoms with Crippen molar-refractivity contribution in [2.24, 2.45) is 0 Å². The summed E-state index contributed by atoms with van der Waals surface area (Å²) in [6.45, 7) is 1.72. The van der Waals surface area contributed by atoms with Crippen molar-refractivity contribution in [3.8, 4) is 11.5 Å². The van der Waals surface area contributed by atoms with Crippen LogP contribution in [-0.4, -0.2) is 23.7 Å². The van der Waals surface area contributed by atoms with Gasteiger partial charge < -0.3 is 15.2 Å². The summed E-state index contributed by atoms with van der Waals surface area (Å²) in [7, 11) is 1.67. The van der Waals surface area contributed by atoms with E-state index in [9.17, 15) is 5.11 Å². The van der Waals surface area contributed by atoms with E-state index in [1.54, 1.807) is 19.2 Å². The van der Waals surface area contributed by atoms with E-state index in [0.29, 0.717) is 0 Å². The van der Waals surface area contributed by atoms with Gasteiger partial charge in [0.25, 0.3) is 0 Å². The van der Waals surface area contributed by atoms with E-state index in [1.165, 1.54) is 0 Å². The van der Waals surface area contributed by atoms with Crippen LogP contribution in [0.5, 0.6) is 11.5 Å². The fourth-order valence-electron chi connectivity index (χ4n) is 2.37. The van der Waals surface area contributed by atoms with E-state index in [4.69, 9.17) is 4.74 Å². The molecular formula is C13H14N2O2. The SMILES string of the molecule is COc1c2c(nc3ccc(O)cc13)CNCC2. The molecule has 17 heavy (non-hydrogen) atoms. The number of phenolic OH excluding ortho intramolecular Hbond substituents is 1. The molecule has 1 aromatic heterocycles. The van der Waals surface area contributed by atoms with E-state index in [2.05, 4.69) is 10.3 Å². The van der Waals surface area contributed by atoms with Gasteiger partial charge in [-0.15, -0.1) is 0 Å². The van der Waals surface area contributed by atoms with Crippen LogP contribution in [0.2, 0.25) is 0 Å². The number of fused-ring (bicyclic) bond motifs is 2. The molecule has 3 rings (SSSR count). The van der Waals surface area contributed by atoms with Gasteiger partial charge in [-0.1, -0.05) is 0 Å². The zero-order valence-corrected chi connectivity index (χ0v) is 9.66. The number of phenols is 1. The first-order valence-electron chi connectivity index (χ1n) is 5.69. The topological polar surface area (TPSA) is 54.4 Å². The molecule has 1 aliphatic rings. The van der Waals surface area contributed by atoms with Crippen LogP contribution in [0.3, 0.4) is 0 Å². The first-order chi connectivity index (χ1) is 8.29. The second-order valence-electron chi connectivity index (χ2n) is 4.20. The second-order valence-corrected chi connectivity index (χ2v) is 4.20. The van der Waals surface area contributed by atoms with Crippen LogP contribution in [0.25, 0.3) is 10.9 Å². The van der Waals surface area contributed by atoms with E-state index in [-0.39, 0.29) is 5.75 Å². The summed E-state index contributed by atoms with van der Waals surface area (Å²) in [4.78, 5) is 4.61. The number of hydrogen-bond donors (Lipinski definition) is 2. The number of pyridine rings is 1. The zero-order valence-electron chi connectivity index (χ0n) is 9.66. The van der Waals surface area contributed by atoms with Crippen molar-refractivity contribution >= 4 is 10.9 Å². The van der Waals surface area contributed by atoms with Gasteiger partial charge >= 0.3 is 0 Å². The maximum atomic E-state index is 9.56. The Bertz CT molecular complexity index is 581. The van der Waals surface area contributed by atoms with E-state index in [0.717, 1.165) is 47.4 Å². The lowest BCUT2D eigenvalue weighted by molar-refractivity contribution is 0.409. The second kappa shape index (κ2) is 3.89. The Kier molecular flexibility index (Phi) is 2.37. The number of rotatable bonds is 1. The van der Waals surface area contributed by atoms with Crippen molar-refractivity contribution in [3.05, 3.63) is 29.5 Å². The highest BCUT2D eigenvalue weighted by molar-refractivity contribution is 5.88. The molecule has 0 spiro atoms. The summed E-state index contributed by atoms with van der Waals surface area (Å²) in [6, 6.07) is 5.18. The largest absolute Gasteiger partial charge is 0.508 e. The lowest BCUT2D eigenvalue weighted by atomic mass is 10.0. The van der Waals surface area contributed by atoms with Gasteiger partial charge in [0.1, 0.15) is 11.5 Å². The van der Waals surface area contributed by atoms with Crippen molar-refractivity contribution in [1.82, 2.24) is 10.3 Å². The molecule has 0 saturated heterocycles. The van der Waals surface area contributed by atoms with Gasteiger partial charge in [-0.3, -0.25) is 4.98 Å². The highest BCUT2D eigenvalue weighted by Gasteiger charge is 2.18. The number of nitrogens with zero attached hydrogens (tertiary/aromatic N) is 1. The van der Waals surface area contributed by atoms with Crippen molar-refractivity contribution in [3.63, 3.8) is 0 Å². The summed E-state index contributed by atoms with van der Waals surface area (Å²) in [6.07, 6.45) is 0.914. The Morgan fingerprint density at radius 1 is 1.41 bits per heavy atom. The third-order valence-electron chi connectivity index (χ3n) is 3.15. The smallest absolute Gasteiger partial charge is 0.133 e. The number of hydrogen-bond acceptors (Lipinski definition) is 4. The average Bonchev–Trinajstić information content (AvgIpc) is 2.36. The van der Waals surface area contributed by atoms with Gasteiger partial charge in [0.05, 0.1) is 18.3 Å². The van der Waals surface area contributed by atoms with Crippen LogP contribution in [0.1, 0.15) is 11.3 Å². The fourth-order valence-corrected chi connectivity index (χ4v) is 2.37. The highest BCUT2D eigenvalue weighted by atomic mass is 16.5. The lowest BCUT2D eigenvalue weighted by Crippen LogP contribution is -2.25. The van der Waals surface area contributed by atoms with Gasteiger partial charge in [0.2, 0.25) is 0 Å². The predicted octanol–water partition coefficient (Wildman–Crippen LogP) is 1.59. The molecular weight excluding hydrogens is 216 g/mol. The standard InChI is InChI=1S/C13H14N2O2/c1-17-13-9-4-5-14-7-12(9)15-11-3-2-8(16)6-10(11)13/h2-3,6,14,16H,4-5,7H2,1H3. The molecule has 0 fully saturated rings. The van der Waals surface area contributed by atoms with Crippen molar-refractivity contribution < 1.29 is 9.84 Å². The molecule has 2 aromatic rings. The minimum absolute atomic E-state index is 0.242. The maximum absolute atomic E-state index is 9.56. The van der Waals surface area contributed by atoms with Crippen LogP contribution >= 0.6 is 0 Å². The first-order valence-corrected chi connectivity index (χ1v) is 5.69. The molecule has 88 valence electrons. The van der Waals surface area contributed by atoms with Crippen molar-refractivity contribution in [2.75, 3.05) is 13.7 Å². The minimum Gasteiger partial charge on any atom is -0.508 e. The van der Waals surface area contributed by atoms with Crippen LogP contribution in [0.15, 0.2) is 18.2 Å². The van der Waals surface area contributed by atoms with Gasteiger partial charge in [-0.05, 0) is 31.2 Å². The van der Waals surface area contributed by atoms with Crippen LogP contribution in [0.4, 0.5) is 0 Å². The molecule has 1 aliphatic heterocycles. The van der Waals surface area contributed by atoms with Gasteiger partial charge in [0, 0.05) is 17.5 Å². The molecule has 2 N–H and O–H groups in total. The van der Waals surface area contributed by atoms with Crippen LogP contribution in [-0.2, 0) is 13.0 Å². The third-order valence-corrected chi connectivity index (χ3v) is 3.15. The molecule has 4 heteroatoms. The Hall–Kier alpha value is -1.81. The minimum atomic E-state index is 0.242. The van der Waals surface area contributed by atoms with E-state index >= 15 is 0 Å². The molecule has 2 heterocycles.